The van der Waals surface area contributed by atoms with E-state index in [2.05, 4.69) is 13.0 Å². The van der Waals surface area contributed by atoms with Crippen LogP contribution in [0.2, 0.25) is 0 Å². The van der Waals surface area contributed by atoms with Crippen LogP contribution < -0.4 is 4.74 Å². The molecule has 170 valence electrons. The molecule has 0 atom stereocenters. The Morgan fingerprint density at radius 2 is 1.53 bits per heavy atom. The van der Waals surface area contributed by atoms with Crippen LogP contribution in [0.4, 0.5) is 13.2 Å². The normalized spacial score (nSPS) is 13.5. The minimum absolute atomic E-state index is 0.0114. The van der Waals surface area contributed by atoms with Crippen molar-refractivity contribution in [1.29, 1.82) is 0 Å². The number of hydrogen-bond acceptors (Lipinski definition) is 2. The van der Waals surface area contributed by atoms with E-state index in [1.165, 1.54) is 68.4 Å². The van der Waals surface area contributed by atoms with Gasteiger partial charge in [-0.2, -0.15) is 0 Å². The maximum atomic E-state index is 14.6. The van der Waals surface area contributed by atoms with Crippen LogP contribution in [0, 0.1) is 17.5 Å². The lowest BCUT2D eigenvalue weighted by Crippen LogP contribution is -2.14. The number of allylic oxidation sites excluding steroid dienone is 4. The molecule has 0 unspecified atom stereocenters. The third kappa shape index (κ3) is 6.59. The van der Waals surface area contributed by atoms with Crippen LogP contribution in [0.3, 0.4) is 0 Å². The van der Waals surface area contributed by atoms with Crippen LogP contribution in [0.15, 0.2) is 54.1 Å². The molecule has 2 nitrogen and oxygen atoms in total. The van der Waals surface area contributed by atoms with Gasteiger partial charge in [-0.15, -0.1) is 0 Å². The predicted octanol–water partition coefficient (Wildman–Crippen LogP) is 8.18. The second-order valence-corrected chi connectivity index (χ2v) is 8.19. The first kappa shape index (κ1) is 23.8. The predicted molar refractivity (Wildman–Crippen MR) is 121 cm³/mol. The monoisotopic (exact) mass is 442 g/mol. The van der Waals surface area contributed by atoms with Gasteiger partial charge < -0.3 is 4.74 Å². The standard InChI is InChI=1S/C27H29F3O2/c1-2-3-4-5-6-7-8-19-9-11-20(12-10-19)21-17-24(29)26(25(30)18-21)27(31)32-23-15-13-22(28)14-16-23/h9,11,13-18H,2-8,10,12H2,1H3. The molecular formula is C27H29F3O2. The molecule has 0 saturated carbocycles. The van der Waals surface area contributed by atoms with Crippen LogP contribution in [-0.4, -0.2) is 5.97 Å². The van der Waals surface area contributed by atoms with Gasteiger partial charge in [0.2, 0.25) is 0 Å². The maximum absolute atomic E-state index is 14.6. The zero-order valence-corrected chi connectivity index (χ0v) is 18.4. The molecule has 2 aromatic rings. The number of esters is 1. The number of unbranched alkanes of at least 4 members (excludes halogenated alkanes) is 5. The number of carbonyl (C=O) groups excluding carboxylic acids is 1. The van der Waals surface area contributed by atoms with Crippen molar-refractivity contribution in [3.8, 4) is 5.75 Å². The smallest absolute Gasteiger partial charge is 0.349 e. The molecule has 0 bridgehead atoms. The first-order valence-corrected chi connectivity index (χ1v) is 11.3. The van der Waals surface area contributed by atoms with Crippen molar-refractivity contribution in [2.45, 2.75) is 64.7 Å². The zero-order chi connectivity index (χ0) is 22.9. The largest absolute Gasteiger partial charge is 0.423 e. The Bertz CT molecular complexity index is 967. The van der Waals surface area contributed by atoms with E-state index < -0.39 is 29.0 Å². The van der Waals surface area contributed by atoms with Gasteiger partial charge in [-0.3, -0.25) is 0 Å². The van der Waals surface area contributed by atoms with Gasteiger partial charge in [-0.1, -0.05) is 56.8 Å². The third-order valence-electron chi connectivity index (χ3n) is 5.73. The summed E-state index contributed by atoms with van der Waals surface area (Å²) in [6.07, 6.45) is 14.1. The lowest BCUT2D eigenvalue weighted by atomic mass is 9.90. The van der Waals surface area contributed by atoms with Gasteiger partial charge in [-0.25, -0.2) is 18.0 Å². The number of carbonyl (C=O) groups is 1. The fourth-order valence-electron chi connectivity index (χ4n) is 3.88. The van der Waals surface area contributed by atoms with Crippen LogP contribution in [-0.2, 0) is 0 Å². The Morgan fingerprint density at radius 1 is 0.875 bits per heavy atom. The summed E-state index contributed by atoms with van der Waals surface area (Å²) in [4.78, 5) is 12.2. The van der Waals surface area contributed by atoms with E-state index in [0.717, 1.165) is 30.5 Å². The van der Waals surface area contributed by atoms with Crippen LogP contribution >= 0.6 is 0 Å². The van der Waals surface area contributed by atoms with Gasteiger partial charge in [0.1, 0.15) is 28.8 Å². The van der Waals surface area contributed by atoms with E-state index in [9.17, 15) is 18.0 Å². The molecule has 0 radical (unpaired) electrons. The minimum Gasteiger partial charge on any atom is -0.423 e. The average Bonchev–Trinajstić information content (AvgIpc) is 2.77. The van der Waals surface area contributed by atoms with Gasteiger partial charge in [0.25, 0.3) is 0 Å². The van der Waals surface area contributed by atoms with Crippen LogP contribution in [0.1, 0.15) is 80.6 Å². The summed E-state index contributed by atoms with van der Waals surface area (Å²) in [5.41, 5.74) is 1.87. The fourth-order valence-corrected chi connectivity index (χ4v) is 3.88. The molecule has 5 heteroatoms. The number of ether oxygens (including phenoxy) is 1. The summed E-state index contributed by atoms with van der Waals surface area (Å²) in [5, 5.41) is 0. The number of hydrogen-bond donors (Lipinski definition) is 0. The average molecular weight is 443 g/mol. The molecule has 0 aromatic heterocycles. The summed E-state index contributed by atoms with van der Waals surface area (Å²) in [6, 6.07) is 6.98. The molecule has 1 aliphatic carbocycles. The molecule has 0 spiro atoms. The number of rotatable bonds is 10. The van der Waals surface area contributed by atoms with Gasteiger partial charge >= 0.3 is 5.97 Å². The molecule has 0 amide bonds. The van der Waals surface area contributed by atoms with Crippen molar-refractivity contribution < 1.29 is 22.7 Å². The van der Waals surface area contributed by atoms with Crippen molar-refractivity contribution in [2.24, 2.45) is 0 Å². The highest BCUT2D eigenvalue weighted by molar-refractivity contribution is 5.92. The lowest BCUT2D eigenvalue weighted by Gasteiger charge is -2.16. The van der Waals surface area contributed by atoms with Gasteiger partial charge in [-0.05, 0) is 73.2 Å². The maximum Gasteiger partial charge on any atom is 0.349 e. The molecule has 2 aromatic carbocycles. The van der Waals surface area contributed by atoms with Crippen molar-refractivity contribution >= 4 is 11.5 Å². The number of benzene rings is 2. The second-order valence-electron chi connectivity index (χ2n) is 8.19. The van der Waals surface area contributed by atoms with Crippen molar-refractivity contribution in [2.75, 3.05) is 0 Å². The lowest BCUT2D eigenvalue weighted by molar-refractivity contribution is 0.0724. The van der Waals surface area contributed by atoms with Crippen LogP contribution in [0.5, 0.6) is 5.75 Å². The Labute approximate surface area is 187 Å². The van der Waals surface area contributed by atoms with E-state index in [0.29, 0.717) is 12.0 Å². The molecule has 0 fully saturated rings. The van der Waals surface area contributed by atoms with E-state index in [1.807, 2.05) is 6.08 Å². The molecule has 0 aliphatic heterocycles. The Balaban J connectivity index is 1.63. The SMILES string of the molecule is CCCCCCCCC1=CC=C(c2cc(F)c(C(=O)Oc3ccc(F)cc3)c(F)c2)CC1. The first-order chi connectivity index (χ1) is 15.5. The molecule has 0 heterocycles. The molecule has 3 rings (SSSR count). The number of halogens is 3. The molecule has 32 heavy (non-hydrogen) atoms. The fraction of sp³-hybridized carbons (Fsp3) is 0.370. The Morgan fingerprint density at radius 3 is 2.16 bits per heavy atom. The zero-order valence-electron chi connectivity index (χ0n) is 18.4. The quantitative estimate of drug-likeness (QED) is 0.211. The first-order valence-electron chi connectivity index (χ1n) is 11.3. The second kappa shape index (κ2) is 11.7. The van der Waals surface area contributed by atoms with Crippen molar-refractivity contribution in [1.82, 2.24) is 0 Å². The summed E-state index contributed by atoms with van der Waals surface area (Å²) in [5.74, 6) is -3.60. The molecule has 1 aliphatic rings. The highest BCUT2D eigenvalue weighted by Gasteiger charge is 2.22. The summed E-state index contributed by atoms with van der Waals surface area (Å²) in [7, 11) is 0. The van der Waals surface area contributed by atoms with E-state index in [1.54, 1.807) is 0 Å². The molecular weight excluding hydrogens is 413 g/mol. The van der Waals surface area contributed by atoms with Crippen LogP contribution in [0.25, 0.3) is 5.57 Å². The van der Waals surface area contributed by atoms with Gasteiger partial charge in [0.15, 0.2) is 0 Å². The van der Waals surface area contributed by atoms with Crippen molar-refractivity contribution in [3.63, 3.8) is 0 Å². The van der Waals surface area contributed by atoms with E-state index in [4.69, 9.17) is 4.74 Å². The van der Waals surface area contributed by atoms with E-state index >= 15 is 0 Å². The highest BCUT2D eigenvalue weighted by atomic mass is 19.1. The van der Waals surface area contributed by atoms with E-state index in [-0.39, 0.29) is 5.75 Å². The topological polar surface area (TPSA) is 26.3 Å². The highest BCUT2D eigenvalue weighted by Crippen LogP contribution is 2.31. The molecule has 0 saturated heterocycles. The van der Waals surface area contributed by atoms with Gasteiger partial charge in [0.05, 0.1) is 0 Å². The summed E-state index contributed by atoms with van der Waals surface area (Å²) < 4.78 is 47.2. The van der Waals surface area contributed by atoms with Crippen molar-refractivity contribution in [3.05, 3.63) is 82.7 Å². The summed E-state index contributed by atoms with van der Waals surface area (Å²) >= 11 is 0. The molecule has 0 N–H and O–H groups in total. The van der Waals surface area contributed by atoms with Gasteiger partial charge in [0, 0.05) is 0 Å². The third-order valence-corrected chi connectivity index (χ3v) is 5.73. The Hall–Kier alpha value is -2.82. The Kier molecular flexibility index (Phi) is 8.72. The summed E-state index contributed by atoms with van der Waals surface area (Å²) in [6.45, 7) is 2.21. The minimum atomic E-state index is -1.16.